The summed E-state index contributed by atoms with van der Waals surface area (Å²) in [5.41, 5.74) is 11.8. The van der Waals surface area contributed by atoms with Crippen LogP contribution in [0.2, 0.25) is 0 Å². The van der Waals surface area contributed by atoms with Crippen LogP contribution in [0.15, 0.2) is 24.3 Å². The van der Waals surface area contributed by atoms with Gasteiger partial charge >= 0.3 is 0 Å². The minimum absolute atomic E-state index is 0.259. The third kappa shape index (κ3) is 5.75. The largest absolute Gasteiger partial charge is 0.497 e. The summed E-state index contributed by atoms with van der Waals surface area (Å²) in [6.07, 6.45) is 0.259. The second kappa shape index (κ2) is 9.03. The number of ether oxygens (including phenoxy) is 1. The van der Waals surface area contributed by atoms with Gasteiger partial charge in [0.05, 0.1) is 13.2 Å². The molecule has 0 saturated heterocycles. The van der Waals surface area contributed by atoms with Crippen LogP contribution in [0, 0.1) is 0 Å². The lowest BCUT2D eigenvalue weighted by Gasteiger charge is -2.29. The molecule has 1 aromatic rings. The Morgan fingerprint density at radius 3 is 2.20 bits per heavy atom. The zero-order valence-corrected chi connectivity index (χ0v) is 15.0. The molecule has 8 nitrogen and oxygen atoms in total. The fourth-order valence-electron chi connectivity index (χ4n) is 2.28. The molecule has 1 rings (SSSR count). The Labute approximate surface area is 147 Å². The van der Waals surface area contributed by atoms with Crippen LogP contribution in [0.5, 0.6) is 5.75 Å². The van der Waals surface area contributed by atoms with E-state index in [4.69, 9.17) is 16.2 Å². The molecule has 0 unspecified atom stereocenters. The highest BCUT2D eigenvalue weighted by atomic mass is 16.5. The lowest BCUT2D eigenvalue weighted by molar-refractivity contribution is -0.140. The Balaban J connectivity index is 2.84. The van der Waals surface area contributed by atoms with Gasteiger partial charge in [-0.2, -0.15) is 0 Å². The van der Waals surface area contributed by atoms with E-state index in [1.807, 2.05) is 0 Å². The van der Waals surface area contributed by atoms with Gasteiger partial charge in [-0.05, 0) is 31.5 Å². The first kappa shape index (κ1) is 20.4. The number of benzene rings is 1. The summed E-state index contributed by atoms with van der Waals surface area (Å²) in [5, 5.41) is 2.51. The number of nitrogens with two attached hydrogens (primary N) is 2. The number of likely N-dealkylation sites (N-methyl/N-ethyl adjacent to an activating group) is 1. The minimum atomic E-state index is -0.837. The van der Waals surface area contributed by atoms with E-state index >= 15 is 0 Å². The van der Waals surface area contributed by atoms with Crippen molar-refractivity contribution in [3.8, 4) is 5.75 Å². The van der Waals surface area contributed by atoms with Crippen LogP contribution >= 0.6 is 0 Å². The van der Waals surface area contributed by atoms with Crippen molar-refractivity contribution in [3.63, 3.8) is 0 Å². The van der Waals surface area contributed by atoms with Gasteiger partial charge in [0, 0.05) is 13.5 Å². The third-order valence-electron chi connectivity index (χ3n) is 3.87. The van der Waals surface area contributed by atoms with Crippen LogP contribution in [0.3, 0.4) is 0 Å². The molecule has 0 saturated carbocycles. The fraction of sp³-hybridized carbons (Fsp3) is 0.471. The molecule has 0 fully saturated rings. The van der Waals surface area contributed by atoms with E-state index in [1.54, 1.807) is 31.4 Å². The lowest BCUT2D eigenvalue weighted by atomic mass is 10.0. The predicted molar refractivity (Wildman–Crippen MR) is 93.7 cm³/mol. The van der Waals surface area contributed by atoms with E-state index in [1.165, 1.54) is 25.8 Å². The van der Waals surface area contributed by atoms with Crippen molar-refractivity contribution in [2.24, 2.45) is 11.5 Å². The molecular weight excluding hydrogens is 324 g/mol. The molecule has 0 bridgehead atoms. The number of amides is 3. The van der Waals surface area contributed by atoms with Gasteiger partial charge in [-0.25, -0.2) is 0 Å². The SMILES string of the molecule is COc1ccc(C[C@@H](C(N)=O)N(C)C(=O)[C@H](C)NC(=O)[C@@H](C)N)cc1. The molecular formula is C17H26N4O4. The highest BCUT2D eigenvalue weighted by Crippen LogP contribution is 2.14. The Morgan fingerprint density at radius 1 is 1.20 bits per heavy atom. The molecule has 0 spiro atoms. The first-order valence-corrected chi connectivity index (χ1v) is 7.92. The van der Waals surface area contributed by atoms with Crippen molar-refractivity contribution >= 4 is 17.7 Å². The Kier molecular flexibility index (Phi) is 7.38. The van der Waals surface area contributed by atoms with E-state index in [9.17, 15) is 14.4 Å². The molecule has 0 aromatic heterocycles. The van der Waals surface area contributed by atoms with Gasteiger partial charge in [0.25, 0.3) is 0 Å². The van der Waals surface area contributed by atoms with Crippen molar-refractivity contribution in [1.82, 2.24) is 10.2 Å². The van der Waals surface area contributed by atoms with Crippen molar-refractivity contribution < 1.29 is 19.1 Å². The number of rotatable bonds is 8. The third-order valence-corrected chi connectivity index (χ3v) is 3.87. The molecule has 138 valence electrons. The first-order valence-electron chi connectivity index (χ1n) is 7.92. The number of primary amides is 1. The fourth-order valence-corrected chi connectivity index (χ4v) is 2.28. The number of hydrogen-bond donors (Lipinski definition) is 3. The monoisotopic (exact) mass is 350 g/mol. The highest BCUT2D eigenvalue weighted by molar-refractivity contribution is 5.92. The molecule has 0 radical (unpaired) electrons. The van der Waals surface area contributed by atoms with Gasteiger partial charge in [0.15, 0.2) is 0 Å². The van der Waals surface area contributed by atoms with Gasteiger partial charge in [-0.3, -0.25) is 14.4 Å². The predicted octanol–water partition coefficient (Wildman–Crippen LogP) is -0.598. The number of hydrogen-bond acceptors (Lipinski definition) is 5. The molecule has 8 heteroatoms. The van der Waals surface area contributed by atoms with Crippen molar-refractivity contribution in [1.29, 1.82) is 0 Å². The number of carbonyl (C=O) groups excluding carboxylic acids is 3. The summed E-state index contributed by atoms with van der Waals surface area (Å²) >= 11 is 0. The van der Waals surface area contributed by atoms with Crippen molar-refractivity contribution in [2.45, 2.75) is 38.4 Å². The molecule has 25 heavy (non-hydrogen) atoms. The number of nitrogens with one attached hydrogen (secondary N) is 1. The first-order chi connectivity index (χ1) is 11.7. The Morgan fingerprint density at radius 2 is 1.76 bits per heavy atom. The summed E-state index contributed by atoms with van der Waals surface area (Å²) in [4.78, 5) is 37.2. The molecule has 5 N–H and O–H groups in total. The molecule has 3 atom stereocenters. The normalized spacial score (nSPS) is 14.1. The van der Waals surface area contributed by atoms with Crippen molar-refractivity contribution in [3.05, 3.63) is 29.8 Å². The van der Waals surface area contributed by atoms with Gasteiger partial charge in [0.1, 0.15) is 17.8 Å². The van der Waals surface area contributed by atoms with Crippen LogP contribution in [-0.2, 0) is 20.8 Å². The standard InChI is InChI=1S/C17H26N4O4/c1-10(18)16(23)20-11(2)17(24)21(3)14(15(19)22)9-12-5-7-13(25-4)8-6-12/h5-8,10-11,14H,9,18H2,1-4H3,(H2,19,22)(H,20,23)/t10-,11+,14+/m1/s1. The van der Waals surface area contributed by atoms with Gasteiger partial charge < -0.3 is 26.4 Å². The Bertz CT molecular complexity index is 616. The summed E-state index contributed by atoms with van der Waals surface area (Å²) < 4.78 is 5.09. The quantitative estimate of drug-likeness (QED) is 0.577. The summed E-state index contributed by atoms with van der Waals surface area (Å²) in [7, 11) is 3.04. The number of methoxy groups -OCH3 is 1. The van der Waals surface area contributed by atoms with Crippen molar-refractivity contribution in [2.75, 3.05) is 14.2 Å². The summed E-state index contributed by atoms with van der Waals surface area (Å²) in [6, 6.07) is 4.74. The molecule has 0 aliphatic carbocycles. The lowest BCUT2D eigenvalue weighted by Crippen LogP contribution is -2.54. The van der Waals surface area contributed by atoms with E-state index in [0.717, 1.165) is 5.56 Å². The van der Waals surface area contributed by atoms with Crippen LogP contribution < -0.4 is 21.5 Å². The zero-order valence-electron chi connectivity index (χ0n) is 15.0. The average molecular weight is 350 g/mol. The second-order valence-corrected chi connectivity index (χ2v) is 5.94. The number of carbonyl (C=O) groups is 3. The maximum Gasteiger partial charge on any atom is 0.245 e. The molecule has 1 aromatic carbocycles. The van der Waals surface area contributed by atoms with Crippen LogP contribution in [0.1, 0.15) is 19.4 Å². The van der Waals surface area contributed by atoms with Crippen LogP contribution in [0.4, 0.5) is 0 Å². The molecule has 3 amide bonds. The van der Waals surface area contributed by atoms with E-state index < -0.39 is 35.8 Å². The van der Waals surface area contributed by atoms with E-state index in [0.29, 0.717) is 5.75 Å². The van der Waals surface area contributed by atoms with E-state index in [2.05, 4.69) is 5.32 Å². The maximum absolute atomic E-state index is 12.5. The summed E-state index contributed by atoms with van der Waals surface area (Å²) in [6.45, 7) is 3.05. The van der Waals surface area contributed by atoms with Gasteiger partial charge in [0.2, 0.25) is 17.7 Å². The molecule has 0 heterocycles. The topological polar surface area (TPSA) is 128 Å². The van der Waals surface area contributed by atoms with Gasteiger partial charge in [-0.15, -0.1) is 0 Å². The summed E-state index contributed by atoms with van der Waals surface area (Å²) in [5.74, 6) is -0.806. The van der Waals surface area contributed by atoms with E-state index in [-0.39, 0.29) is 6.42 Å². The average Bonchev–Trinajstić information content (AvgIpc) is 2.58. The smallest absolute Gasteiger partial charge is 0.245 e. The van der Waals surface area contributed by atoms with Crippen LogP contribution in [-0.4, -0.2) is 54.9 Å². The molecule has 0 aliphatic heterocycles. The maximum atomic E-state index is 12.5. The van der Waals surface area contributed by atoms with Crippen LogP contribution in [0.25, 0.3) is 0 Å². The van der Waals surface area contributed by atoms with Gasteiger partial charge in [-0.1, -0.05) is 12.1 Å². The Hall–Kier alpha value is -2.61. The zero-order chi connectivity index (χ0) is 19.1. The molecule has 0 aliphatic rings. The number of nitrogens with zero attached hydrogens (tertiary/aromatic N) is 1. The highest BCUT2D eigenvalue weighted by Gasteiger charge is 2.29. The minimum Gasteiger partial charge on any atom is -0.497 e. The second-order valence-electron chi connectivity index (χ2n) is 5.94.